The van der Waals surface area contributed by atoms with Crippen molar-refractivity contribution in [2.75, 3.05) is 17.6 Å². The third kappa shape index (κ3) is 6.08. The molecule has 1 aliphatic rings. The van der Waals surface area contributed by atoms with E-state index >= 15 is 0 Å². The average Bonchev–Trinajstić information content (AvgIpc) is 3.52. The fourth-order valence-corrected chi connectivity index (χ4v) is 4.43. The number of nitrogens with zero attached hydrogens (tertiary/aromatic N) is 3. The fourth-order valence-electron chi connectivity index (χ4n) is 3.58. The summed E-state index contributed by atoms with van der Waals surface area (Å²) in [5.41, 5.74) is 9.63. The van der Waals surface area contributed by atoms with Crippen LogP contribution in [0.4, 0.5) is 5.95 Å². The predicted octanol–water partition coefficient (Wildman–Crippen LogP) is 3.04. The van der Waals surface area contributed by atoms with Gasteiger partial charge in [0, 0.05) is 30.3 Å². The van der Waals surface area contributed by atoms with Crippen LogP contribution in [-0.4, -0.2) is 46.7 Å². The number of aryl methyl sites for hydroxylation is 1. The average molecular weight is 490 g/mol. The molecule has 6 N–H and O–H groups in total. The summed E-state index contributed by atoms with van der Waals surface area (Å²) in [6.07, 6.45) is 4.77. The van der Waals surface area contributed by atoms with E-state index in [-0.39, 0.29) is 11.8 Å². The zero-order valence-corrected chi connectivity index (χ0v) is 20.0. The largest absolute Gasteiger partial charge is 0.353 e. The van der Waals surface area contributed by atoms with Crippen LogP contribution in [0.5, 0.6) is 0 Å². The molecular weight excluding hydrogens is 462 g/mol. The highest BCUT2D eigenvalue weighted by molar-refractivity contribution is 7.89. The molecular formula is C22H28ClN7O2S. The third-order valence-corrected chi connectivity index (χ3v) is 6.69. The Labute approximate surface area is 198 Å². The highest BCUT2D eigenvalue weighted by Gasteiger charge is 2.29. The van der Waals surface area contributed by atoms with Crippen LogP contribution in [0.25, 0.3) is 22.6 Å². The van der Waals surface area contributed by atoms with Gasteiger partial charge in [-0.25, -0.2) is 28.5 Å². The van der Waals surface area contributed by atoms with Crippen LogP contribution in [0.3, 0.4) is 0 Å². The maximum Gasteiger partial charge on any atom is 0.223 e. The van der Waals surface area contributed by atoms with Gasteiger partial charge < -0.3 is 16.0 Å². The van der Waals surface area contributed by atoms with E-state index in [1.807, 2.05) is 31.2 Å². The second kappa shape index (κ2) is 9.76. The summed E-state index contributed by atoms with van der Waals surface area (Å²) >= 11 is 6.78. The van der Waals surface area contributed by atoms with E-state index in [9.17, 15) is 8.42 Å². The quantitative estimate of drug-likeness (QED) is 0.341. The molecule has 1 aromatic carbocycles. The fraction of sp³-hybridized carbons (Fsp3) is 0.409. The summed E-state index contributed by atoms with van der Waals surface area (Å²) in [4.78, 5) is 17.3. The Balaban J connectivity index is 1.69. The van der Waals surface area contributed by atoms with E-state index in [1.54, 1.807) is 6.20 Å². The molecule has 0 radical (unpaired) electrons. The maximum absolute atomic E-state index is 11.3. The number of primary sulfonamides is 1. The van der Waals surface area contributed by atoms with E-state index in [0.717, 1.165) is 35.5 Å². The lowest BCUT2D eigenvalue weighted by Crippen LogP contribution is -2.25. The van der Waals surface area contributed by atoms with Crippen molar-refractivity contribution in [2.45, 2.75) is 44.6 Å². The molecule has 0 saturated heterocycles. The number of benzene rings is 1. The van der Waals surface area contributed by atoms with E-state index in [1.165, 1.54) is 0 Å². The first kappa shape index (κ1) is 23.6. The molecule has 1 fully saturated rings. The number of halogens is 1. The molecule has 2 aromatic heterocycles. The lowest BCUT2D eigenvalue weighted by molar-refractivity contribution is 0.595. The van der Waals surface area contributed by atoms with Gasteiger partial charge in [0.25, 0.3) is 0 Å². The molecule has 1 aliphatic carbocycles. The zero-order valence-electron chi connectivity index (χ0n) is 18.4. The van der Waals surface area contributed by atoms with Gasteiger partial charge in [-0.2, -0.15) is 0 Å². The number of hydrogen-bond acceptors (Lipinski definition) is 7. The first-order valence-corrected chi connectivity index (χ1v) is 13.0. The molecule has 9 nitrogen and oxygen atoms in total. The molecule has 176 valence electrons. The van der Waals surface area contributed by atoms with E-state index in [4.69, 9.17) is 27.5 Å². The van der Waals surface area contributed by atoms with Gasteiger partial charge in [0.05, 0.1) is 27.9 Å². The van der Waals surface area contributed by atoms with Crippen LogP contribution in [0.15, 0.2) is 30.5 Å². The van der Waals surface area contributed by atoms with Gasteiger partial charge in [-0.3, -0.25) is 0 Å². The number of sulfonamides is 1. The minimum absolute atomic E-state index is 0.0303. The molecule has 1 unspecified atom stereocenters. The van der Waals surface area contributed by atoms with Crippen molar-refractivity contribution in [3.05, 3.63) is 46.9 Å². The van der Waals surface area contributed by atoms with Crippen molar-refractivity contribution < 1.29 is 8.42 Å². The molecule has 4 rings (SSSR count). The SMILES string of the molecule is CC(N)CNc1nccc(-c2[nH]c(C3CC3)nc2-c2cccc(CCCS(N)(=O)=O)c2Cl)n1. The van der Waals surface area contributed by atoms with E-state index < -0.39 is 10.0 Å². The van der Waals surface area contributed by atoms with Crippen LogP contribution in [0.1, 0.15) is 43.5 Å². The van der Waals surface area contributed by atoms with Crippen molar-refractivity contribution in [2.24, 2.45) is 10.9 Å². The Hall–Kier alpha value is -2.53. The van der Waals surface area contributed by atoms with Crippen LogP contribution >= 0.6 is 11.6 Å². The van der Waals surface area contributed by atoms with Gasteiger partial charge in [0.2, 0.25) is 16.0 Å². The Bertz CT molecular complexity index is 1240. The summed E-state index contributed by atoms with van der Waals surface area (Å²) in [5.74, 6) is 1.72. The summed E-state index contributed by atoms with van der Waals surface area (Å²) in [7, 11) is -3.51. The Morgan fingerprint density at radius 2 is 2.06 bits per heavy atom. The Morgan fingerprint density at radius 1 is 1.27 bits per heavy atom. The Kier molecular flexibility index (Phi) is 6.99. The molecule has 0 bridgehead atoms. The van der Waals surface area contributed by atoms with Crippen LogP contribution in [0.2, 0.25) is 5.02 Å². The van der Waals surface area contributed by atoms with Gasteiger partial charge in [0.15, 0.2) is 0 Å². The van der Waals surface area contributed by atoms with Gasteiger partial charge in [-0.05, 0) is 44.2 Å². The minimum Gasteiger partial charge on any atom is -0.353 e. The molecule has 2 heterocycles. The number of H-pyrrole nitrogens is 1. The van der Waals surface area contributed by atoms with Gasteiger partial charge >= 0.3 is 0 Å². The number of hydrogen-bond donors (Lipinski definition) is 4. The van der Waals surface area contributed by atoms with Crippen LogP contribution in [-0.2, 0) is 16.4 Å². The molecule has 1 atom stereocenters. The predicted molar refractivity (Wildman–Crippen MR) is 130 cm³/mol. The van der Waals surface area contributed by atoms with Crippen LogP contribution in [0, 0.1) is 0 Å². The lowest BCUT2D eigenvalue weighted by atomic mass is 10.0. The highest BCUT2D eigenvalue weighted by atomic mass is 35.5. The number of rotatable bonds is 10. The second-order valence-electron chi connectivity index (χ2n) is 8.49. The normalized spacial score (nSPS) is 14.9. The topological polar surface area (TPSA) is 153 Å². The van der Waals surface area contributed by atoms with Gasteiger partial charge in [-0.15, -0.1) is 0 Å². The van der Waals surface area contributed by atoms with Crippen molar-refractivity contribution in [3.8, 4) is 22.6 Å². The van der Waals surface area contributed by atoms with Crippen LogP contribution < -0.4 is 16.2 Å². The van der Waals surface area contributed by atoms with Crippen molar-refractivity contribution >= 4 is 27.6 Å². The molecule has 3 aromatic rings. The van der Waals surface area contributed by atoms with E-state index in [2.05, 4.69) is 20.3 Å². The summed E-state index contributed by atoms with van der Waals surface area (Å²) in [5, 5.41) is 8.82. The summed E-state index contributed by atoms with van der Waals surface area (Å²) in [6, 6.07) is 7.51. The smallest absolute Gasteiger partial charge is 0.223 e. The van der Waals surface area contributed by atoms with Gasteiger partial charge in [-0.1, -0.05) is 29.8 Å². The minimum atomic E-state index is -3.51. The maximum atomic E-state index is 11.3. The highest BCUT2D eigenvalue weighted by Crippen LogP contribution is 2.43. The number of aromatic amines is 1. The zero-order chi connectivity index (χ0) is 23.6. The molecule has 1 saturated carbocycles. The number of imidazole rings is 1. The molecule has 11 heteroatoms. The first-order valence-electron chi connectivity index (χ1n) is 10.9. The molecule has 33 heavy (non-hydrogen) atoms. The third-order valence-electron chi connectivity index (χ3n) is 5.39. The molecule has 0 spiro atoms. The Morgan fingerprint density at radius 3 is 2.76 bits per heavy atom. The number of nitrogens with one attached hydrogen (secondary N) is 2. The first-order chi connectivity index (χ1) is 15.7. The molecule has 0 aliphatic heterocycles. The summed E-state index contributed by atoms with van der Waals surface area (Å²) in [6.45, 7) is 2.46. The van der Waals surface area contributed by atoms with Crippen molar-refractivity contribution in [1.82, 2.24) is 19.9 Å². The van der Waals surface area contributed by atoms with Crippen molar-refractivity contribution in [1.29, 1.82) is 0 Å². The number of aromatic nitrogens is 4. The van der Waals surface area contributed by atoms with Crippen molar-refractivity contribution in [3.63, 3.8) is 0 Å². The van der Waals surface area contributed by atoms with E-state index in [0.29, 0.717) is 47.7 Å². The molecule has 0 amide bonds. The van der Waals surface area contributed by atoms with Gasteiger partial charge in [0.1, 0.15) is 5.82 Å². The lowest BCUT2D eigenvalue weighted by Gasteiger charge is -2.11. The number of anilines is 1. The summed E-state index contributed by atoms with van der Waals surface area (Å²) < 4.78 is 22.6. The standard InChI is InChI=1S/C22H28ClN7O2S/c1-13(24)12-27-22-26-10-9-17(28-22)20-19(29-21(30-20)15-7-8-15)16-6-2-4-14(18(16)23)5-3-11-33(25,31)32/h2,4,6,9-10,13,15H,3,5,7-8,11-12,24H2,1H3,(H,29,30)(H2,25,31,32)(H,26,27,28). The number of nitrogens with two attached hydrogens (primary N) is 2. The monoisotopic (exact) mass is 489 g/mol. The second-order valence-corrected chi connectivity index (χ2v) is 10.6.